The monoisotopic (exact) mass is 367 g/mol. The summed E-state index contributed by atoms with van der Waals surface area (Å²) in [5, 5.41) is 0.434. The molecule has 0 saturated heterocycles. The molecule has 0 radical (unpaired) electrons. The molecule has 0 aliphatic rings. The zero-order valence-electron chi connectivity index (χ0n) is 11.9. The topological polar surface area (TPSA) is 72.0 Å². The fourth-order valence-corrected chi connectivity index (χ4v) is 3.38. The zero-order chi connectivity index (χ0) is 16.6. The van der Waals surface area contributed by atoms with E-state index in [0.717, 1.165) is 5.56 Å². The molecule has 118 valence electrons. The third-order valence-corrected chi connectivity index (χ3v) is 5.00. The Labute approximate surface area is 143 Å². The molecule has 0 amide bonds. The Kier molecular flexibility index (Phi) is 4.14. The summed E-state index contributed by atoms with van der Waals surface area (Å²) in [7, 11) is -3.82. The Morgan fingerprint density at radius 2 is 1.65 bits per heavy atom. The summed E-state index contributed by atoms with van der Waals surface area (Å²) in [6.45, 7) is 1.92. The van der Waals surface area contributed by atoms with Crippen LogP contribution in [0.4, 0.5) is 5.82 Å². The maximum absolute atomic E-state index is 12.4. The summed E-state index contributed by atoms with van der Waals surface area (Å²) >= 11 is 11.8. The Morgan fingerprint density at radius 1 is 0.957 bits per heavy atom. The molecule has 0 atom stereocenters. The molecule has 8 heteroatoms. The van der Waals surface area contributed by atoms with Gasteiger partial charge in [0, 0.05) is 5.02 Å². The molecule has 2 aromatic carbocycles. The minimum Gasteiger partial charge on any atom is -0.261 e. The van der Waals surface area contributed by atoms with E-state index in [1.165, 1.54) is 24.3 Å². The van der Waals surface area contributed by atoms with Gasteiger partial charge in [-0.3, -0.25) is 4.72 Å². The van der Waals surface area contributed by atoms with Crippen molar-refractivity contribution in [1.29, 1.82) is 0 Å². The fourth-order valence-electron chi connectivity index (χ4n) is 2.01. The Bertz CT molecular complexity index is 990. The molecule has 1 N–H and O–H groups in total. The van der Waals surface area contributed by atoms with Gasteiger partial charge in [0.25, 0.3) is 10.0 Å². The maximum atomic E-state index is 12.4. The van der Waals surface area contributed by atoms with Crippen LogP contribution >= 0.6 is 23.2 Å². The second-order valence-electron chi connectivity index (χ2n) is 4.91. The van der Waals surface area contributed by atoms with Crippen molar-refractivity contribution in [3.63, 3.8) is 0 Å². The van der Waals surface area contributed by atoms with E-state index in [4.69, 9.17) is 23.2 Å². The van der Waals surface area contributed by atoms with Crippen molar-refractivity contribution < 1.29 is 8.42 Å². The third-order valence-electron chi connectivity index (χ3n) is 3.13. The lowest BCUT2D eigenvalue weighted by Crippen LogP contribution is -2.14. The van der Waals surface area contributed by atoms with Gasteiger partial charge in [-0.1, -0.05) is 29.3 Å². The number of rotatable bonds is 3. The highest BCUT2D eigenvalue weighted by Gasteiger charge is 2.18. The van der Waals surface area contributed by atoms with Crippen LogP contribution in [-0.4, -0.2) is 18.4 Å². The summed E-state index contributed by atoms with van der Waals surface area (Å²) < 4.78 is 27.1. The molecule has 0 fully saturated rings. The van der Waals surface area contributed by atoms with Crippen LogP contribution in [0, 0.1) is 6.92 Å². The van der Waals surface area contributed by atoms with Crippen molar-refractivity contribution in [2.75, 3.05) is 4.72 Å². The minimum atomic E-state index is -3.82. The summed E-state index contributed by atoms with van der Waals surface area (Å²) in [5.41, 5.74) is 2.16. The van der Waals surface area contributed by atoms with Gasteiger partial charge < -0.3 is 0 Å². The van der Waals surface area contributed by atoms with E-state index in [0.29, 0.717) is 16.1 Å². The van der Waals surface area contributed by atoms with E-state index in [9.17, 15) is 8.42 Å². The van der Waals surface area contributed by atoms with Gasteiger partial charge in [0.05, 0.1) is 15.9 Å². The van der Waals surface area contributed by atoms with Gasteiger partial charge >= 0.3 is 0 Å². The molecule has 3 rings (SSSR count). The van der Waals surface area contributed by atoms with Gasteiger partial charge in [-0.2, -0.15) is 0 Å². The lowest BCUT2D eigenvalue weighted by Gasteiger charge is -2.09. The van der Waals surface area contributed by atoms with Crippen LogP contribution in [-0.2, 0) is 10.0 Å². The first-order valence-electron chi connectivity index (χ1n) is 6.57. The van der Waals surface area contributed by atoms with Crippen molar-refractivity contribution >= 4 is 50.1 Å². The molecule has 0 aliphatic heterocycles. The molecule has 1 heterocycles. The van der Waals surface area contributed by atoms with Crippen molar-refractivity contribution in [1.82, 2.24) is 9.97 Å². The molecule has 0 aliphatic carbocycles. The Hall–Kier alpha value is -1.89. The average Bonchev–Trinajstić information content (AvgIpc) is 2.48. The highest BCUT2D eigenvalue weighted by Crippen LogP contribution is 2.25. The second kappa shape index (κ2) is 5.96. The largest absolute Gasteiger partial charge is 0.263 e. The number of aryl methyl sites for hydroxylation is 1. The fraction of sp³-hybridized carbons (Fsp3) is 0.0667. The second-order valence-corrected chi connectivity index (χ2v) is 7.39. The first-order chi connectivity index (χ1) is 10.8. The van der Waals surface area contributed by atoms with E-state index in [2.05, 4.69) is 14.7 Å². The molecule has 0 saturated carbocycles. The minimum absolute atomic E-state index is 0.0133. The number of nitrogens with one attached hydrogen (secondary N) is 1. The van der Waals surface area contributed by atoms with E-state index < -0.39 is 10.0 Å². The molecule has 0 unspecified atom stereocenters. The number of aromatic nitrogens is 2. The third kappa shape index (κ3) is 3.39. The molecule has 0 bridgehead atoms. The van der Waals surface area contributed by atoms with Crippen LogP contribution in [0.3, 0.4) is 0 Å². The lowest BCUT2D eigenvalue weighted by molar-refractivity contribution is 0.601. The van der Waals surface area contributed by atoms with Crippen LogP contribution < -0.4 is 4.72 Å². The van der Waals surface area contributed by atoms with Gasteiger partial charge in [0.2, 0.25) is 0 Å². The lowest BCUT2D eigenvalue weighted by atomic mass is 10.2. The van der Waals surface area contributed by atoms with Crippen LogP contribution in [0.1, 0.15) is 5.56 Å². The van der Waals surface area contributed by atoms with Crippen LogP contribution in [0.25, 0.3) is 11.0 Å². The van der Waals surface area contributed by atoms with Gasteiger partial charge in [0.1, 0.15) is 0 Å². The SMILES string of the molecule is Cc1ccc2nc(NS(=O)(=O)c3ccc(Cl)cc3)c(Cl)nc2c1. The molecule has 5 nitrogen and oxygen atoms in total. The Balaban J connectivity index is 2.02. The number of benzene rings is 2. The molecular formula is C15H11Cl2N3O2S. The summed E-state index contributed by atoms with van der Waals surface area (Å²) in [4.78, 5) is 8.48. The number of nitrogens with zero attached hydrogens (tertiary/aromatic N) is 2. The van der Waals surface area contributed by atoms with E-state index in [-0.39, 0.29) is 15.9 Å². The first-order valence-corrected chi connectivity index (χ1v) is 8.81. The Morgan fingerprint density at radius 3 is 2.35 bits per heavy atom. The molecule has 1 aromatic heterocycles. The van der Waals surface area contributed by atoms with Gasteiger partial charge in [0.15, 0.2) is 11.0 Å². The van der Waals surface area contributed by atoms with E-state index >= 15 is 0 Å². The normalized spacial score (nSPS) is 11.6. The number of anilines is 1. The molecule has 0 spiro atoms. The van der Waals surface area contributed by atoms with Crippen molar-refractivity contribution in [2.24, 2.45) is 0 Å². The number of fused-ring (bicyclic) bond motifs is 1. The maximum Gasteiger partial charge on any atom is 0.263 e. The zero-order valence-corrected chi connectivity index (χ0v) is 14.2. The molecule has 23 heavy (non-hydrogen) atoms. The molecule has 3 aromatic rings. The predicted molar refractivity (Wildman–Crippen MR) is 91.5 cm³/mol. The highest BCUT2D eigenvalue weighted by molar-refractivity contribution is 7.92. The van der Waals surface area contributed by atoms with Gasteiger partial charge in [-0.25, -0.2) is 18.4 Å². The smallest absolute Gasteiger partial charge is 0.261 e. The quantitative estimate of drug-likeness (QED) is 0.757. The van der Waals surface area contributed by atoms with Crippen LogP contribution in [0.15, 0.2) is 47.4 Å². The van der Waals surface area contributed by atoms with E-state index in [1.54, 1.807) is 6.07 Å². The van der Waals surface area contributed by atoms with Crippen molar-refractivity contribution in [2.45, 2.75) is 11.8 Å². The van der Waals surface area contributed by atoms with Crippen LogP contribution in [0.5, 0.6) is 0 Å². The molecular weight excluding hydrogens is 357 g/mol. The number of hydrogen-bond donors (Lipinski definition) is 1. The summed E-state index contributed by atoms with van der Waals surface area (Å²) in [5.74, 6) is -0.0158. The van der Waals surface area contributed by atoms with Gasteiger partial charge in [-0.15, -0.1) is 0 Å². The summed E-state index contributed by atoms with van der Waals surface area (Å²) in [6.07, 6.45) is 0. The number of hydrogen-bond acceptors (Lipinski definition) is 4. The van der Waals surface area contributed by atoms with Crippen molar-refractivity contribution in [3.05, 3.63) is 58.2 Å². The predicted octanol–water partition coefficient (Wildman–Crippen LogP) is 4.05. The van der Waals surface area contributed by atoms with Crippen LogP contribution in [0.2, 0.25) is 10.2 Å². The average molecular weight is 368 g/mol. The summed E-state index contributed by atoms with van der Waals surface area (Å²) in [6, 6.07) is 11.2. The number of sulfonamides is 1. The van der Waals surface area contributed by atoms with Crippen molar-refractivity contribution in [3.8, 4) is 0 Å². The standard InChI is InChI=1S/C15H11Cl2N3O2S/c1-9-2-7-12-13(8-9)18-14(17)15(19-12)20-23(21,22)11-5-3-10(16)4-6-11/h2-8H,1H3,(H,19,20). The number of halogens is 2. The highest BCUT2D eigenvalue weighted by atomic mass is 35.5. The first kappa shape index (κ1) is 16.0. The van der Waals surface area contributed by atoms with Gasteiger partial charge in [-0.05, 0) is 48.9 Å². The van der Waals surface area contributed by atoms with E-state index in [1.807, 2.05) is 19.1 Å².